The van der Waals surface area contributed by atoms with Crippen LogP contribution < -0.4 is 26.6 Å². The van der Waals surface area contributed by atoms with Gasteiger partial charge in [0.15, 0.2) is 0 Å². The molecule has 1 saturated carbocycles. The molecule has 3 atom stereocenters. The van der Waals surface area contributed by atoms with Gasteiger partial charge in [-0.25, -0.2) is 19.2 Å². The molecule has 408 valence electrons. The minimum absolute atomic E-state index is 0.00612. The first kappa shape index (κ1) is 60.0. The summed E-state index contributed by atoms with van der Waals surface area (Å²) in [5.74, 6) is -5.07. The average molecular weight is 1040 g/mol. The van der Waals surface area contributed by atoms with Gasteiger partial charge in [-0.1, -0.05) is 42.5 Å². The van der Waals surface area contributed by atoms with Crippen molar-refractivity contribution in [3.8, 4) is 0 Å². The van der Waals surface area contributed by atoms with Gasteiger partial charge in [0.25, 0.3) is 11.8 Å². The van der Waals surface area contributed by atoms with Crippen molar-refractivity contribution in [2.45, 2.75) is 194 Å². The van der Waals surface area contributed by atoms with Crippen molar-refractivity contribution in [2.75, 3.05) is 13.1 Å². The van der Waals surface area contributed by atoms with Gasteiger partial charge in [0.05, 0.1) is 0 Å². The topological polar surface area (TPSA) is 271 Å². The lowest BCUT2D eigenvalue weighted by molar-refractivity contribution is -0.197. The molecule has 2 aromatic rings. The highest BCUT2D eigenvalue weighted by molar-refractivity contribution is 6.01. The van der Waals surface area contributed by atoms with E-state index in [4.69, 9.17) is 19.0 Å². The molecule has 7 amide bonds. The van der Waals surface area contributed by atoms with Crippen molar-refractivity contribution >= 4 is 70.2 Å². The Labute approximate surface area is 434 Å². The van der Waals surface area contributed by atoms with Crippen molar-refractivity contribution in [3.63, 3.8) is 0 Å². The van der Waals surface area contributed by atoms with E-state index in [2.05, 4.69) is 26.6 Å². The Balaban J connectivity index is 1.31. The maximum absolute atomic E-state index is 13.9. The van der Waals surface area contributed by atoms with Crippen LogP contribution in [0.1, 0.15) is 158 Å². The Kier molecular flexibility index (Phi) is 22.4. The summed E-state index contributed by atoms with van der Waals surface area (Å²) >= 11 is 0. The zero-order valence-corrected chi connectivity index (χ0v) is 44.6. The molecule has 0 aromatic heterocycles. The first-order valence-corrected chi connectivity index (χ1v) is 25.8. The third-order valence-corrected chi connectivity index (χ3v) is 11.9. The fourth-order valence-corrected chi connectivity index (χ4v) is 8.34. The van der Waals surface area contributed by atoms with E-state index in [-0.39, 0.29) is 88.0 Å². The fraction of sp³-hybridized carbons (Fsp3) is 0.630. The van der Waals surface area contributed by atoms with Crippen molar-refractivity contribution in [1.29, 1.82) is 0 Å². The molecular formula is C54H78N6O14. The number of amides is 7. The molecule has 20 heteroatoms. The van der Waals surface area contributed by atoms with Crippen LogP contribution in [0.5, 0.6) is 0 Å². The lowest BCUT2D eigenvalue weighted by Crippen LogP contribution is -2.53. The monoisotopic (exact) mass is 1030 g/mol. The second-order valence-corrected chi connectivity index (χ2v) is 22.1. The minimum atomic E-state index is -1.25. The van der Waals surface area contributed by atoms with Gasteiger partial charge in [0.2, 0.25) is 17.7 Å². The average Bonchev–Trinajstić information content (AvgIpc) is 3.61. The molecule has 2 fully saturated rings. The quantitative estimate of drug-likeness (QED) is 0.0366. The first-order valence-electron chi connectivity index (χ1n) is 25.8. The third kappa shape index (κ3) is 21.9. The number of nitrogens with one attached hydrogen (secondary N) is 5. The molecule has 0 spiro atoms. The molecule has 1 saturated heterocycles. The van der Waals surface area contributed by atoms with Crippen LogP contribution in [-0.4, -0.2) is 113 Å². The van der Waals surface area contributed by atoms with Crippen LogP contribution in [0, 0.1) is 11.8 Å². The van der Waals surface area contributed by atoms with Gasteiger partial charge in [0.1, 0.15) is 34.9 Å². The van der Waals surface area contributed by atoms with Crippen LogP contribution >= 0.6 is 0 Å². The number of ether oxygens (including phenoxy) is 3. The lowest BCUT2D eigenvalue weighted by atomic mass is 9.81. The molecule has 2 aliphatic rings. The van der Waals surface area contributed by atoms with Gasteiger partial charge in [-0.05, 0) is 142 Å². The minimum Gasteiger partial charge on any atom is -0.460 e. The SMILES string of the molecule is CC(C)(C)OC(=O)CC[C@H](NC(=O)N[C@@H](CCCCNC(=O)[C@H](Cc1ccc2ccccc2c1)NC(=O)C1CCC(CNC(=O)CCCC(=O)ON2C(=O)CCC2=O)CC1)C(=O)OC(C)(C)C)C(=O)OC(C)(C)C. The number of fused-ring (bicyclic) bond motifs is 1. The molecule has 2 aromatic carbocycles. The number of carbonyl (C=O) groups is 10. The summed E-state index contributed by atoms with van der Waals surface area (Å²) in [6, 6.07) is 9.55. The van der Waals surface area contributed by atoms with Crippen molar-refractivity contribution < 1.29 is 67.0 Å². The highest BCUT2D eigenvalue weighted by Crippen LogP contribution is 2.29. The predicted octanol–water partition coefficient (Wildman–Crippen LogP) is 5.70. The third-order valence-electron chi connectivity index (χ3n) is 11.9. The number of hydrogen-bond donors (Lipinski definition) is 5. The number of nitrogens with zero attached hydrogens (tertiary/aromatic N) is 1. The Morgan fingerprint density at radius 1 is 0.608 bits per heavy atom. The van der Waals surface area contributed by atoms with Crippen LogP contribution in [0.2, 0.25) is 0 Å². The van der Waals surface area contributed by atoms with Gasteiger partial charge in [-0.15, -0.1) is 5.06 Å². The van der Waals surface area contributed by atoms with E-state index in [9.17, 15) is 47.9 Å². The van der Waals surface area contributed by atoms with Crippen LogP contribution in [0.15, 0.2) is 42.5 Å². The summed E-state index contributed by atoms with van der Waals surface area (Å²) < 4.78 is 16.5. The Morgan fingerprint density at radius 2 is 1.19 bits per heavy atom. The van der Waals surface area contributed by atoms with E-state index >= 15 is 0 Å². The summed E-state index contributed by atoms with van der Waals surface area (Å²) in [7, 11) is 0. The number of carbonyl (C=O) groups excluding carboxylic acids is 10. The molecule has 5 N–H and O–H groups in total. The Bertz CT molecular complexity index is 2310. The van der Waals surface area contributed by atoms with Gasteiger partial charge in [-0.2, -0.15) is 0 Å². The molecule has 0 bridgehead atoms. The number of hydrogen-bond acceptors (Lipinski definition) is 14. The zero-order valence-electron chi connectivity index (χ0n) is 44.6. The predicted molar refractivity (Wildman–Crippen MR) is 272 cm³/mol. The van der Waals surface area contributed by atoms with E-state index in [0.717, 1.165) is 16.3 Å². The molecule has 0 radical (unpaired) electrons. The van der Waals surface area contributed by atoms with Gasteiger partial charge < -0.3 is 45.6 Å². The number of benzene rings is 2. The normalized spacial score (nSPS) is 17.3. The number of imide groups is 1. The van der Waals surface area contributed by atoms with Crippen molar-refractivity contribution in [2.24, 2.45) is 11.8 Å². The molecule has 1 aliphatic carbocycles. The fourth-order valence-electron chi connectivity index (χ4n) is 8.34. The number of rotatable bonds is 24. The standard InChI is InChI=1S/C54H78N6O14/c1-52(2,3)71-45(64)29-26-40(50(69)73-54(7,8)9)59-51(70)58-39(49(68)72-53(4,5)6)17-12-13-30-55-48(67)41(32-35-22-23-36-15-10-11-16-38(36)31-35)57-47(66)37-24-20-34(21-25-37)33-56-42(61)18-14-19-46(65)74-60-43(62)27-28-44(60)63/h10-11,15-16,22-23,31,34,37,39-41H,12-14,17-21,24-30,32-33H2,1-9H3,(H,55,67)(H,56,61)(H,57,66)(H2,58,59,70)/t34?,37?,39-,40-,41-/m0/s1. The van der Waals surface area contributed by atoms with E-state index < -0.39 is 82.6 Å². The number of hydroxylamine groups is 2. The Hall–Kier alpha value is -6.60. The number of urea groups is 1. The zero-order chi connectivity index (χ0) is 54.8. The van der Waals surface area contributed by atoms with Gasteiger partial charge in [0, 0.05) is 57.5 Å². The molecule has 74 heavy (non-hydrogen) atoms. The molecule has 4 rings (SSSR count). The van der Waals surface area contributed by atoms with Crippen LogP contribution in [-0.2, 0) is 68.6 Å². The van der Waals surface area contributed by atoms with Gasteiger partial charge in [-0.3, -0.25) is 28.8 Å². The second-order valence-electron chi connectivity index (χ2n) is 22.1. The molecule has 1 heterocycles. The van der Waals surface area contributed by atoms with Crippen LogP contribution in [0.4, 0.5) is 4.79 Å². The molecule has 0 unspecified atom stereocenters. The summed E-state index contributed by atoms with van der Waals surface area (Å²) in [6.07, 6.45) is 3.28. The summed E-state index contributed by atoms with van der Waals surface area (Å²) in [5, 5.41) is 16.5. The van der Waals surface area contributed by atoms with Crippen molar-refractivity contribution in [3.05, 3.63) is 48.0 Å². The largest absolute Gasteiger partial charge is 0.460 e. The van der Waals surface area contributed by atoms with Crippen LogP contribution in [0.25, 0.3) is 10.8 Å². The van der Waals surface area contributed by atoms with E-state index in [0.29, 0.717) is 50.1 Å². The highest BCUT2D eigenvalue weighted by Gasteiger charge is 2.35. The Morgan fingerprint density at radius 3 is 1.78 bits per heavy atom. The summed E-state index contributed by atoms with van der Waals surface area (Å²) in [4.78, 5) is 133. The maximum atomic E-state index is 13.9. The van der Waals surface area contributed by atoms with E-state index in [1.807, 2.05) is 42.5 Å². The number of unbranched alkanes of at least 4 members (excludes halogenated alkanes) is 1. The van der Waals surface area contributed by atoms with E-state index in [1.54, 1.807) is 62.3 Å². The van der Waals surface area contributed by atoms with Crippen LogP contribution in [0.3, 0.4) is 0 Å². The smallest absolute Gasteiger partial charge is 0.333 e. The highest BCUT2D eigenvalue weighted by atomic mass is 16.7. The second kappa shape index (κ2) is 27.6. The lowest BCUT2D eigenvalue weighted by Gasteiger charge is -2.29. The molecule has 20 nitrogen and oxygen atoms in total. The molecule has 1 aliphatic heterocycles. The van der Waals surface area contributed by atoms with Crippen molar-refractivity contribution in [1.82, 2.24) is 31.6 Å². The maximum Gasteiger partial charge on any atom is 0.333 e. The summed E-state index contributed by atoms with van der Waals surface area (Å²) in [5.41, 5.74) is -1.69. The first-order chi connectivity index (χ1) is 34.6. The number of esters is 3. The van der Waals surface area contributed by atoms with E-state index in [1.165, 1.54) is 0 Å². The van der Waals surface area contributed by atoms with Gasteiger partial charge >= 0.3 is 29.9 Å². The molecular weight excluding hydrogens is 957 g/mol. The summed E-state index contributed by atoms with van der Waals surface area (Å²) in [6.45, 7) is 15.8.